The normalized spacial score (nSPS) is 16.4. The summed E-state index contributed by atoms with van der Waals surface area (Å²) in [4.78, 5) is 27.4. The molecule has 1 heterocycles. The van der Waals surface area contributed by atoms with Crippen molar-refractivity contribution in [2.24, 2.45) is 5.92 Å². The molecule has 0 aromatic heterocycles. The lowest BCUT2D eigenvalue weighted by molar-refractivity contribution is -0.135. The van der Waals surface area contributed by atoms with Gasteiger partial charge in [0, 0.05) is 19.6 Å². The Bertz CT molecular complexity index is 1040. The van der Waals surface area contributed by atoms with Crippen LogP contribution in [0.15, 0.2) is 66.7 Å². The minimum absolute atomic E-state index is 0.0537. The first-order chi connectivity index (χ1) is 14.6. The van der Waals surface area contributed by atoms with E-state index >= 15 is 0 Å². The number of piperidine rings is 1. The van der Waals surface area contributed by atoms with Gasteiger partial charge < -0.3 is 10.2 Å². The van der Waals surface area contributed by atoms with Crippen molar-refractivity contribution in [3.05, 3.63) is 83.7 Å². The summed E-state index contributed by atoms with van der Waals surface area (Å²) in [6, 6.07) is 20.2. The molecule has 1 N–H and O–H groups in total. The minimum Gasteiger partial charge on any atom is -0.352 e. The lowest BCUT2D eigenvalue weighted by atomic mass is 9.95. The number of hydrogen-bond donors (Lipinski definition) is 1. The van der Waals surface area contributed by atoms with Gasteiger partial charge in [-0.2, -0.15) is 0 Å². The number of halogens is 1. The summed E-state index contributed by atoms with van der Waals surface area (Å²) in [5.41, 5.74) is 1.87. The predicted octanol–water partition coefficient (Wildman–Crippen LogP) is 4.08. The quantitative estimate of drug-likeness (QED) is 0.697. The van der Waals surface area contributed by atoms with Gasteiger partial charge in [0.15, 0.2) is 0 Å². The van der Waals surface area contributed by atoms with Gasteiger partial charge in [-0.3, -0.25) is 9.59 Å². The smallest absolute Gasteiger partial charge is 0.227 e. The number of amides is 2. The number of nitrogens with one attached hydrogen (secondary N) is 1. The fraction of sp³-hybridized carbons (Fsp3) is 0.280. The van der Waals surface area contributed by atoms with Crippen LogP contribution in [0.1, 0.15) is 24.0 Å². The van der Waals surface area contributed by atoms with Crippen molar-refractivity contribution in [2.45, 2.75) is 25.8 Å². The molecule has 1 saturated heterocycles. The van der Waals surface area contributed by atoms with Gasteiger partial charge in [-0.05, 0) is 46.9 Å². The molecule has 30 heavy (non-hydrogen) atoms. The first-order valence-corrected chi connectivity index (χ1v) is 10.4. The zero-order valence-corrected chi connectivity index (χ0v) is 16.8. The molecule has 154 valence electrons. The van der Waals surface area contributed by atoms with Crippen LogP contribution in [-0.2, 0) is 22.6 Å². The fourth-order valence-electron chi connectivity index (χ4n) is 4.07. The zero-order chi connectivity index (χ0) is 20.9. The highest BCUT2D eigenvalue weighted by molar-refractivity contribution is 5.90. The number of carbonyl (C=O) groups is 2. The standard InChI is InChI=1S/C25H25FN2O2/c26-22-12-10-18(11-13-22)16-27-25(30)21-8-4-14-28(17-21)24(29)15-20-7-3-6-19-5-1-2-9-23(19)20/h1-3,5-7,9-13,21H,4,8,14-17H2,(H,27,30)/t21-/m0/s1. The molecule has 0 saturated carbocycles. The van der Waals surface area contributed by atoms with E-state index in [0.29, 0.717) is 26.1 Å². The average Bonchev–Trinajstić information content (AvgIpc) is 2.79. The third kappa shape index (κ3) is 4.67. The predicted molar refractivity (Wildman–Crippen MR) is 115 cm³/mol. The molecule has 5 heteroatoms. The summed E-state index contributed by atoms with van der Waals surface area (Å²) in [5, 5.41) is 5.14. The van der Waals surface area contributed by atoms with Gasteiger partial charge in [0.25, 0.3) is 0 Å². The Balaban J connectivity index is 1.36. The molecule has 1 aliphatic rings. The van der Waals surface area contributed by atoms with Crippen LogP contribution >= 0.6 is 0 Å². The van der Waals surface area contributed by atoms with E-state index in [9.17, 15) is 14.0 Å². The van der Waals surface area contributed by atoms with Crippen molar-refractivity contribution >= 4 is 22.6 Å². The van der Waals surface area contributed by atoms with Gasteiger partial charge in [0.1, 0.15) is 5.82 Å². The second-order valence-electron chi connectivity index (χ2n) is 7.84. The molecule has 0 unspecified atom stereocenters. The van der Waals surface area contributed by atoms with Crippen molar-refractivity contribution in [3.63, 3.8) is 0 Å². The van der Waals surface area contributed by atoms with Gasteiger partial charge in [0.05, 0.1) is 12.3 Å². The molecule has 4 rings (SSSR count). The van der Waals surface area contributed by atoms with E-state index in [1.165, 1.54) is 12.1 Å². The Morgan fingerprint density at radius 2 is 1.77 bits per heavy atom. The van der Waals surface area contributed by atoms with Crippen LogP contribution in [0.2, 0.25) is 0 Å². The second-order valence-corrected chi connectivity index (χ2v) is 7.84. The van der Waals surface area contributed by atoms with Crippen molar-refractivity contribution in [1.82, 2.24) is 10.2 Å². The van der Waals surface area contributed by atoms with Gasteiger partial charge in [-0.1, -0.05) is 54.6 Å². The Labute approximate surface area is 175 Å². The molecule has 2 amide bonds. The topological polar surface area (TPSA) is 49.4 Å². The molecule has 1 aliphatic heterocycles. The van der Waals surface area contributed by atoms with E-state index < -0.39 is 0 Å². The first kappa shape index (κ1) is 20.1. The Hall–Kier alpha value is -3.21. The lowest BCUT2D eigenvalue weighted by Crippen LogP contribution is -2.45. The molecule has 3 aromatic carbocycles. The number of likely N-dealkylation sites (tertiary alicyclic amines) is 1. The fourth-order valence-corrected chi connectivity index (χ4v) is 4.07. The summed E-state index contributed by atoms with van der Waals surface area (Å²) in [6.07, 6.45) is 1.93. The minimum atomic E-state index is -0.294. The number of carbonyl (C=O) groups excluding carboxylic acids is 2. The molecule has 3 aromatic rings. The van der Waals surface area contributed by atoms with Gasteiger partial charge in [-0.25, -0.2) is 4.39 Å². The second kappa shape index (κ2) is 9.08. The molecule has 1 atom stereocenters. The van der Waals surface area contributed by atoms with Crippen LogP contribution in [0.5, 0.6) is 0 Å². The van der Waals surface area contributed by atoms with E-state index in [1.807, 2.05) is 47.4 Å². The maximum atomic E-state index is 13.0. The van der Waals surface area contributed by atoms with Crippen LogP contribution in [-0.4, -0.2) is 29.8 Å². The number of nitrogens with zero attached hydrogens (tertiary/aromatic N) is 1. The molecular formula is C25H25FN2O2. The molecule has 4 nitrogen and oxygen atoms in total. The third-order valence-corrected chi connectivity index (χ3v) is 5.75. The number of rotatable bonds is 5. The van der Waals surface area contributed by atoms with Crippen LogP contribution in [0.3, 0.4) is 0 Å². The number of hydrogen-bond acceptors (Lipinski definition) is 2. The maximum Gasteiger partial charge on any atom is 0.227 e. The largest absolute Gasteiger partial charge is 0.352 e. The Morgan fingerprint density at radius 1 is 1.00 bits per heavy atom. The molecule has 0 bridgehead atoms. The van der Waals surface area contributed by atoms with Crippen molar-refractivity contribution in [3.8, 4) is 0 Å². The number of benzene rings is 3. The summed E-state index contributed by atoms with van der Waals surface area (Å²) >= 11 is 0. The van der Waals surface area contributed by atoms with E-state index in [4.69, 9.17) is 0 Å². The Morgan fingerprint density at radius 3 is 2.60 bits per heavy atom. The summed E-state index contributed by atoms with van der Waals surface area (Å²) in [5.74, 6) is -0.502. The van der Waals surface area contributed by atoms with Gasteiger partial charge in [-0.15, -0.1) is 0 Å². The van der Waals surface area contributed by atoms with E-state index in [2.05, 4.69) is 5.32 Å². The zero-order valence-electron chi connectivity index (χ0n) is 16.8. The first-order valence-electron chi connectivity index (χ1n) is 10.4. The van der Waals surface area contributed by atoms with Gasteiger partial charge >= 0.3 is 0 Å². The van der Waals surface area contributed by atoms with Crippen LogP contribution in [0.4, 0.5) is 4.39 Å². The Kier molecular flexibility index (Phi) is 6.07. The van der Waals surface area contributed by atoms with Crippen molar-refractivity contribution < 1.29 is 14.0 Å². The maximum absolute atomic E-state index is 13.0. The molecular weight excluding hydrogens is 379 g/mol. The van der Waals surface area contributed by atoms with Crippen LogP contribution in [0, 0.1) is 11.7 Å². The highest BCUT2D eigenvalue weighted by Crippen LogP contribution is 2.22. The van der Waals surface area contributed by atoms with Crippen molar-refractivity contribution in [2.75, 3.05) is 13.1 Å². The van der Waals surface area contributed by atoms with E-state index in [1.54, 1.807) is 12.1 Å². The highest BCUT2D eigenvalue weighted by Gasteiger charge is 2.28. The van der Waals surface area contributed by atoms with Crippen LogP contribution < -0.4 is 5.32 Å². The monoisotopic (exact) mass is 404 g/mol. The highest BCUT2D eigenvalue weighted by atomic mass is 19.1. The third-order valence-electron chi connectivity index (χ3n) is 5.75. The average molecular weight is 404 g/mol. The summed E-state index contributed by atoms with van der Waals surface area (Å²) in [6.45, 7) is 1.49. The van der Waals surface area contributed by atoms with Crippen LogP contribution in [0.25, 0.3) is 10.8 Å². The van der Waals surface area contributed by atoms with Gasteiger partial charge in [0.2, 0.25) is 11.8 Å². The van der Waals surface area contributed by atoms with E-state index in [0.717, 1.165) is 34.7 Å². The van der Waals surface area contributed by atoms with Crippen molar-refractivity contribution in [1.29, 1.82) is 0 Å². The molecule has 0 radical (unpaired) electrons. The summed E-state index contributed by atoms with van der Waals surface area (Å²) in [7, 11) is 0. The number of fused-ring (bicyclic) bond motifs is 1. The molecule has 0 spiro atoms. The summed E-state index contributed by atoms with van der Waals surface area (Å²) < 4.78 is 13.0. The van der Waals surface area contributed by atoms with E-state index in [-0.39, 0.29) is 23.5 Å². The molecule has 1 fully saturated rings. The molecule has 0 aliphatic carbocycles. The lowest BCUT2D eigenvalue weighted by Gasteiger charge is -2.32. The SMILES string of the molecule is O=C(NCc1ccc(F)cc1)[C@H]1CCCN(C(=O)Cc2cccc3ccccc23)C1.